The number of carboxylic acid groups (broad SMARTS) is 1. The molecule has 34 heavy (non-hydrogen) atoms. The fraction of sp³-hybridized carbons (Fsp3) is 0.304. The fourth-order valence-corrected chi connectivity index (χ4v) is 5.64. The largest absolute Gasteiger partial charge is 0.507 e. The Labute approximate surface area is 201 Å². The summed E-state index contributed by atoms with van der Waals surface area (Å²) in [7, 11) is -3.98. The van der Waals surface area contributed by atoms with Crippen molar-refractivity contribution in [2.45, 2.75) is 37.3 Å². The molecule has 11 heteroatoms. The lowest BCUT2D eigenvalue weighted by Gasteiger charge is -2.23. The average Bonchev–Trinajstić information content (AvgIpc) is 3.42. The van der Waals surface area contributed by atoms with Crippen molar-refractivity contribution < 1.29 is 32.2 Å². The van der Waals surface area contributed by atoms with Gasteiger partial charge in [-0.15, -0.1) is 0 Å². The number of rotatable bonds is 8. The molecule has 0 radical (unpaired) electrons. The molecule has 2 aromatic carbocycles. The van der Waals surface area contributed by atoms with Crippen molar-refractivity contribution in [2.24, 2.45) is 0 Å². The molecule has 1 aliphatic heterocycles. The van der Waals surface area contributed by atoms with Crippen molar-refractivity contribution in [2.75, 3.05) is 13.2 Å². The maximum atomic E-state index is 13.0. The van der Waals surface area contributed by atoms with Gasteiger partial charge in [-0.3, -0.25) is 0 Å². The van der Waals surface area contributed by atoms with E-state index in [1.807, 2.05) is 37.3 Å². The van der Waals surface area contributed by atoms with Gasteiger partial charge in [-0.2, -0.15) is 4.31 Å². The maximum absolute atomic E-state index is 13.0. The molecular formula is C23H23ClN2O7S. The quantitative estimate of drug-likeness (QED) is 0.435. The summed E-state index contributed by atoms with van der Waals surface area (Å²) in [4.78, 5) is 15.3. The first-order valence-electron chi connectivity index (χ1n) is 10.6. The minimum absolute atomic E-state index is 0.0643. The van der Waals surface area contributed by atoms with Crippen LogP contribution in [-0.2, 0) is 21.2 Å². The van der Waals surface area contributed by atoms with Gasteiger partial charge in [0.25, 0.3) is 0 Å². The fourth-order valence-electron chi connectivity index (χ4n) is 3.74. The second-order valence-electron chi connectivity index (χ2n) is 7.68. The Morgan fingerprint density at radius 3 is 2.74 bits per heavy atom. The molecule has 1 aliphatic rings. The van der Waals surface area contributed by atoms with Gasteiger partial charge in [0.15, 0.2) is 6.23 Å². The number of sulfonamides is 1. The van der Waals surface area contributed by atoms with E-state index in [4.69, 9.17) is 30.6 Å². The smallest absolute Gasteiger partial charge is 0.492 e. The van der Waals surface area contributed by atoms with E-state index < -0.39 is 22.4 Å². The van der Waals surface area contributed by atoms with E-state index in [0.29, 0.717) is 36.7 Å². The van der Waals surface area contributed by atoms with Gasteiger partial charge in [0, 0.05) is 24.9 Å². The molecule has 4 rings (SSSR count). The summed E-state index contributed by atoms with van der Waals surface area (Å²) >= 11 is 6.29. The third-order valence-corrected chi connectivity index (χ3v) is 7.59. The average molecular weight is 507 g/mol. The first-order valence-corrected chi connectivity index (χ1v) is 12.4. The Morgan fingerprint density at radius 1 is 1.26 bits per heavy atom. The first kappa shape index (κ1) is 24.1. The first-order chi connectivity index (χ1) is 16.3. The van der Waals surface area contributed by atoms with Gasteiger partial charge in [-0.05, 0) is 43.7 Å². The second-order valence-corrected chi connectivity index (χ2v) is 9.97. The summed E-state index contributed by atoms with van der Waals surface area (Å²) in [5, 5.41) is 8.98. The number of aryl methyl sites for hydroxylation is 1. The van der Waals surface area contributed by atoms with Gasteiger partial charge in [-0.1, -0.05) is 29.8 Å². The lowest BCUT2D eigenvalue weighted by Crippen LogP contribution is -2.38. The number of hydrogen-bond donors (Lipinski definition) is 1. The number of oxazole rings is 1. The zero-order chi connectivity index (χ0) is 24.3. The number of aromatic nitrogens is 1. The zero-order valence-corrected chi connectivity index (χ0v) is 19.9. The van der Waals surface area contributed by atoms with Crippen molar-refractivity contribution in [3.63, 3.8) is 0 Å². The van der Waals surface area contributed by atoms with Gasteiger partial charge in [-0.25, -0.2) is 18.2 Å². The van der Waals surface area contributed by atoms with Crippen LogP contribution in [0.1, 0.15) is 24.3 Å². The standard InChI is InChI=1S/C23H23ClN2O7S/c1-15-19(25-22(32-15)16-6-3-2-4-7-16)11-13-31-20-10-9-17(14-18(20)24)34(29,30)26-12-5-8-21(26)33-23(27)28/h2-4,6-7,9-10,14,21H,5,8,11-13H2,1H3,(H,27,28)/t21-/m1/s1. The van der Waals surface area contributed by atoms with Crippen LogP contribution in [0.5, 0.6) is 5.75 Å². The molecule has 0 aliphatic carbocycles. The molecule has 1 fully saturated rings. The number of carbonyl (C=O) groups is 1. The van der Waals surface area contributed by atoms with Crippen LogP contribution in [0.3, 0.4) is 0 Å². The maximum Gasteiger partial charge on any atom is 0.507 e. The van der Waals surface area contributed by atoms with E-state index in [0.717, 1.165) is 15.6 Å². The number of ether oxygens (including phenoxy) is 2. The van der Waals surface area contributed by atoms with Gasteiger partial charge >= 0.3 is 6.16 Å². The second kappa shape index (κ2) is 10.0. The molecule has 1 saturated heterocycles. The van der Waals surface area contributed by atoms with Crippen molar-refractivity contribution in [3.8, 4) is 17.2 Å². The molecule has 0 saturated carbocycles. The Morgan fingerprint density at radius 2 is 2.03 bits per heavy atom. The monoisotopic (exact) mass is 506 g/mol. The highest BCUT2D eigenvalue weighted by Gasteiger charge is 2.38. The molecular weight excluding hydrogens is 484 g/mol. The van der Waals surface area contributed by atoms with E-state index >= 15 is 0 Å². The van der Waals surface area contributed by atoms with Crippen molar-refractivity contribution in [1.29, 1.82) is 0 Å². The van der Waals surface area contributed by atoms with Crippen molar-refractivity contribution >= 4 is 27.8 Å². The SMILES string of the molecule is Cc1oc(-c2ccccc2)nc1CCOc1ccc(S(=O)(=O)N2CCC[C@H]2OC(=O)O)cc1Cl. The molecule has 1 aromatic heterocycles. The van der Waals surface area contributed by atoms with E-state index in [1.54, 1.807) is 0 Å². The van der Waals surface area contributed by atoms with Crippen LogP contribution in [0.2, 0.25) is 5.02 Å². The molecule has 0 unspecified atom stereocenters. The van der Waals surface area contributed by atoms with Crippen molar-refractivity contribution in [3.05, 3.63) is 65.0 Å². The Kier molecular flexibility index (Phi) is 7.11. The van der Waals surface area contributed by atoms with Crippen LogP contribution in [0, 0.1) is 6.92 Å². The molecule has 180 valence electrons. The third-order valence-electron chi connectivity index (χ3n) is 5.41. The van der Waals surface area contributed by atoms with Crippen LogP contribution in [0.25, 0.3) is 11.5 Å². The Bertz CT molecular complexity index is 1280. The van der Waals surface area contributed by atoms with E-state index in [1.165, 1.54) is 18.2 Å². The molecule has 0 bridgehead atoms. The number of hydrogen-bond acceptors (Lipinski definition) is 7. The van der Waals surface area contributed by atoms with Crippen LogP contribution in [-0.4, -0.2) is 48.3 Å². The normalized spacial score (nSPS) is 16.5. The highest BCUT2D eigenvalue weighted by molar-refractivity contribution is 7.89. The number of benzene rings is 2. The van der Waals surface area contributed by atoms with E-state index in [9.17, 15) is 13.2 Å². The molecule has 2 heterocycles. The minimum Gasteiger partial charge on any atom is -0.492 e. The minimum atomic E-state index is -3.98. The molecule has 9 nitrogen and oxygen atoms in total. The third kappa shape index (κ3) is 5.19. The summed E-state index contributed by atoms with van der Waals surface area (Å²) < 4.78 is 43.2. The van der Waals surface area contributed by atoms with Gasteiger partial charge in [0.05, 0.1) is 22.2 Å². The number of halogens is 1. The van der Waals surface area contributed by atoms with E-state index in [2.05, 4.69) is 4.98 Å². The summed E-state index contributed by atoms with van der Waals surface area (Å²) in [6.45, 7) is 2.26. The predicted molar refractivity (Wildman–Crippen MR) is 123 cm³/mol. The summed E-state index contributed by atoms with van der Waals surface area (Å²) in [5.41, 5.74) is 1.64. The van der Waals surface area contributed by atoms with Crippen LogP contribution < -0.4 is 4.74 Å². The summed E-state index contributed by atoms with van der Waals surface area (Å²) in [6, 6.07) is 13.7. The zero-order valence-electron chi connectivity index (χ0n) is 18.3. The molecule has 0 spiro atoms. The topological polar surface area (TPSA) is 119 Å². The van der Waals surface area contributed by atoms with Gasteiger partial charge < -0.3 is 19.0 Å². The van der Waals surface area contributed by atoms with Gasteiger partial charge in [0.2, 0.25) is 15.9 Å². The molecule has 1 N–H and O–H groups in total. The highest BCUT2D eigenvalue weighted by atomic mass is 35.5. The highest BCUT2D eigenvalue weighted by Crippen LogP contribution is 2.32. The number of nitrogens with zero attached hydrogens (tertiary/aromatic N) is 2. The lowest BCUT2D eigenvalue weighted by atomic mass is 10.2. The van der Waals surface area contributed by atoms with Crippen LogP contribution >= 0.6 is 11.6 Å². The van der Waals surface area contributed by atoms with Crippen molar-refractivity contribution in [1.82, 2.24) is 9.29 Å². The summed E-state index contributed by atoms with van der Waals surface area (Å²) in [5.74, 6) is 1.55. The van der Waals surface area contributed by atoms with Crippen LogP contribution in [0.15, 0.2) is 57.8 Å². The molecule has 1 atom stereocenters. The lowest BCUT2D eigenvalue weighted by molar-refractivity contribution is 0.0170. The molecule has 3 aromatic rings. The van der Waals surface area contributed by atoms with E-state index in [-0.39, 0.29) is 23.1 Å². The predicted octanol–water partition coefficient (Wildman–Crippen LogP) is 4.73. The summed E-state index contributed by atoms with van der Waals surface area (Å²) in [6.07, 6.45) is -1.30. The Balaban J connectivity index is 1.41. The van der Waals surface area contributed by atoms with Crippen LogP contribution in [0.4, 0.5) is 4.79 Å². The molecule has 0 amide bonds. The van der Waals surface area contributed by atoms with Gasteiger partial charge in [0.1, 0.15) is 11.5 Å². The Hall–Kier alpha value is -3.08.